The molecule has 1 atom stereocenters. The highest BCUT2D eigenvalue weighted by atomic mass is 79.9. The van der Waals surface area contributed by atoms with Crippen LogP contribution in [0.2, 0.25) is 0 Å². The molecule has 0 radical (unpaired) electrons. The molecule has 2 aromatic heterocycles. The van der Waals surface area contributed by atoms with Crippen LogP contribution in [0.15, 0.2) is 36.6 Å². The number of aromatic amines is 1. The van der Waals surface area contributed by atoms with Crippen LogP contribution in [0.1, 0.15) is 31.7 Å². The molecule has 3 heterocycles. The first-order valence-corrected chi connectivity index (χ1v) is 11.2. The molecular weight excluding hydrogens is 432 g/mol. The predicted octanol–water partition coefficient (Wildman–Crippen LogP) is 4.11. The summed E-state index contributed by atoms with van der Waals surface area (Å²) in [6, 6.07) is 3.98. The third-order valence-electron chi connectivity index (χ3n) is 5.44. The summed E-state index contributed by atoms with van der Waals surface area (Å²) in [4.78, 5) is 34.2. The lowest BCUT2D eigenvalue weighted by Gasteiger charge is -2.31. The molecule has 1 aliphatic carbocycles. The third kappa shape index (κ3) is 4.45. The van der Waals surface area contributed by atoms with Crippen LogP contribution in [-0.2, 0) is 9.59 Å². The van der Waals surface area contributed by atoms with Gasteiger partial charge in [0.05, 0.1) is 0 Å². The lowest BCUT2D eigenvalue weighted by molar-refractivity contribution is -0.126. The maximum atomic E-state index is 12.4. The lowest BCUT2D eigenvalue weighted by atomic mass is 9.89. The summed E-state index contributed by atoms with van der Waals surface area (Å²) < 4.78 is 0. The first kappa shape index (κ1) is 19.9. The molecular formula is C22H25BrN4O2. The molecule has 2 amide bonds. The maximum absolute atomic E-state index is 12.4. The second-order valence-corrected chi connectivity index (χ2v) is 8.54. The molecule has 2 N–H and O–H groups in total. The van der Waals surface area contributed by atoms with Gasteiger partial charge in [0, 0.05) is 35.9 Å². The van der Waals surface area contributed by atoms with Gasteiger partial charge in [-0.05, 0) is 54.5 Å². The topological polar surface area (TPSA) is 78.1 Å². The SMILES string of the molecule is CC1CN(C(=O)C=CCCBr)CC=C1c1cc(NC(=O)C2CC2)nc2[nH]ccc12. The van der Waals surface area contributed by atoms with Crippen LogP contribution < -0.4 is 5.32 Å². The minimum absolute atomic E-state index is 0.0482. The molecule has 0 spiro atoms. The van der Waals surface area contributed by atoms with E-state index in [0.29, 0.717) is 18.9 Å². The predicted molar refractivity (Wildman–Crippen MR) is 119 cm³/mol. The Kier molecular flexibility index (Phi) is 5.85. The zero-order chi connectivity index (χ0) is 20.4. The number of carbonyl (C=O) groups excluding carboxylic acids is 2. The molecule has 0 aromatic carbocycles. The smallest absolute Gasteiger partial charge is 0.246 e. The monoisotopic (exact) mass is 456 g/mol. The van der Waals surface area contributed by atoms with Crippen molar-refractivity contribution in [3.63, 3.8) is 0 Å². The number of aromatic nitrogens is 2. The van der Waals surface area contributed by atoms with Crippen LogP contribution in [0.4, 0.5) is 5.82 Å². The molecule has 152 valence electrons. The van der Waals surface area contributed by atoms with Crippen LogP contribution in [0.5, 0.6) is 0 Å². The highest BCUT2D eigenvalue weighted by molar-refractivity contribution is 9.09. The van der Waals surface area contributed by atoms with Gasteiger partial charge in [-0.1, -0.05) is 35.0 Å². The summed E-state index contributed by atoms with van der Waals surface area (Å²) in [6.07, 6.45) is 10.3. The number of pyridine rings is 1. The first-order chi connectivity index (χ1) is 14.1. The molecule has 2 aromatic rings. The summed E-state index contributed by atoms with van der Waals surface area (Å²) in [5.74, 6) is 0.990. The van der Waals surface area contributed by atoms with Crippen molar-refractivity contribution in [2.45, 2.75) is 26.2 Å². The summed E-state index contributed by atoms with van der Waals surface area (Å²) in [5.41, 5.74) is 3.02. The number of amides is 2. The average molecular weight is 457 g/mol. The molecule has 6 nitrogen and oxygen atoms in total. The van der Waals surface area contributed by atoms with E-state index in [4.69, 9.17) is 0 Å². The number of H-pyrrole nitrogens is 1. The van der Waals surface area contributed by atoms with Crippen LogP contribution in [0, 0.1) is 11.8 Å². The fourth-order valence-corrected chi connectivity index (χ4v) is 4.00. The van der Waals surface area contributed by atoms with Gasteiger partial charge in [0.25, 0.3) is 0 Å². The van der Waals surface area contributed by atoms with E-state index in [1.807, 2.05) is 29.3 Å². The van der Waals surface area contributed by atoms with Crippen LogP contribution >= 0.6 is 15.9 Å². The van der Waals surface area contributed by atoms with Gasteiger partial charge in [0.2, 0.25) is 11.8 Å². The van der Waals surface area contributed by atoms with Gasteiger partial charge < -0.3 is 15.2 Å². The van der Waals surface area contributed by atoms with E-state index in [1.165, 1.54) is 5.57 Å². The fraction of sp³-hybridized carbons (Fsp3) is 0.409. The van der Waals surface area contributed by atoms with Gasteiger partial charge in [-0.25, -0.2) is 4.98 Å². The summed E-state index contributed by atoms with van der Waals surface area (Å²) >= 11 is 3.37. The number of hydrogen-bond acceptors (Lipinski definition) is 3. The van der Waals surface area contributed by atoms with E-state index in [0.717, 1.165) is 41.2 Å². The van der Waals surface area contributed by atoms with E-state index in [2.05, 4.69) is 44.2 Å². The van der Waals surface area contributed by atoms with Gasteiger partial charge >= 0.3 is 0 Å². The van der Waals surface area contributed by atoms with E-state index in [9.17, 15) is 9.59 Å². The molecule has 1 unspecified atom stereocenters. The molecule has 7 heteroatoms. The van der Waals surface area contributed by atoms with Crippen molar-refractivity contribution in [2.24, 2.45) is 11.8 Å². The average Bonchev–Trinajstić information content (AvgIpc) is 3.46. The van der Waals surface area contributed by atoms with E-state index in [1.54, 1.807) is 6.08 Å². The zero-order valence-electron chi connectivity index (χ0n) is 16.5. The molecule has 0 saturated heterocycles. The highest BCUT2D eigenvalue weighted by Gasteiger charge is 2.30. The van der Waals surface area contributed by atoms with Gasteiger partial charge in [-0.3, -0.25) is 9.59 Å². The van der Waals surface area contributed by atoms with Crippen LogP contribution in [0.3, 0.4) is 0 Å². The minimum Gasteiger partial charge on any atom is -0.346 e. The number of hydrogen-bond donors (Lipinski definition) is 2. The Morgan fingerprint density at radius 3 is 2.97 bits per heavy atom. The minimum atomic E-state index is 0.0482. The molecule has 2 aliphatic rings. The number of rotatable bonds is 6. The molecule has 4 rings (SSSR count). The van der Waals surface area contributed by atoms with Gasteiger partial charge in [-0.15, -0.1) is 0 Å². The Hall–Kier alpha value is -2.41. The van der Waals surface area contributed by atoms with Crippen molar-refractivity contribution in [2.75, 3.05) is 23.7 Å². The third-order valence-corrected chi connectivity index (χ3v) is 5.90. The number of alkyl halides is 1. The number of allylic oxidation sites excluding steroid dienone is 1. The van der Waals surface area contributed by atoms with Crippen LogP contribution in [0.25, 0.3) is 16.6 Å². The number of fused-ring (bicyclic) bond motifs is 1. The molecule has 1 fully saturated rings. The number of carbonyl (C=O) groups is 2. The van der Waals surface area contributed by atoms with E-state index < -0.39 is 0 Å². The Labute approximate surface area is 178 Å². The molecule has 29 heavy (non-hydrogen) atoms. The maximum Gasteiger partial charge on any atom is 0.246 e. The Bertz CT molecular complexity index is 990. The highest BCUT2D eigenvalue weighted by Crippen LogP contribution is 2.35. The number of nitrogens with zero attached hydrogens (tertiary/aromatic N) is 2. The first-order valence-electron chi connectivity index (χ1n) is 10.1. The molecule has 1 aliphatic heterocycles. The largest absolute Gasteiger partial charge is 0.346 e. The van der Waals surface area contributed by atoms with E-state index in [-0.39, 0.29) is 23.7 Å². The van der Waals surface area contributed by atoms with Crippen molar-refractivity contribution in [1.29, 1.82) is 0 Å². The van der Waals surface area contributed by atoms with Crippen molar-refractivity contribution in [3.8, 4) is 0 Å². The standard InChI is InChI=1S/C22H25BrN4O2/c1-14-13-27(20(28)4-2-3-9-23)11-8-16(14)18-12-19(26-22(29)15-5-6-15)25-21-17(18)7-10-24-21/h2,4,7-8,10,12,14-15H,3,5-6,9,11,13H2,1H3,(H2,24,25,26,29). The lowest BCUT2D eigenvalue weighted by Crippen LogP contribution is -2.37. The van der Waals surface area contributed by atoms with Crippen LogP contribution in [-0.4, -0.2) is 45.1 Å². The Morgan fingerprint density at radius 2 is 2.24 bits per heavy atom. The molecule has 1 saturated carbocycles. The van der Waals surface area contributed by atoms with Gasteiger partial charge in [0.15, 0.2) is 0 Å². The van der Waals surface area contributed by atoms with Crippen molar-refractivity contribution in [3.05, 3.63) is 42.1 Å². The van der Waals surface area contributed by atoms with Crippen molar-refractivity contribution < 1.29 is 9.59 Å². The quantitative estimate of drug-likeness (QED) is 0.506. The summed E-state index contributed by atoms with van der Waals surface area (Å²) in [6.45, 7) is 3.38. The van der Waals surface area contributed by atoms with Gasteiger partial charge in [-0.2, -0.15) is 0 Å². The number of halogens is 1. The van der Waals surface area contributed by atoms with Gasteiger partial charge in [0.1, 0.15) is 11.5 Å². The van der Waals surface area contributed by atoms with Crippen molar-refractivity contribution >= 4 is 50.2 Å². The number of nitrogens with one attached hydrogen (secondary N) is 2. The Balaban J connectivity index is 1.59. The second kappa shape index (κ2) is 8.53. The normalized spacial score (nSPS) is 19.6. The molecule has 0 bridgehead atoms. The Morgan fingerprint density at radius 1 is 1.41 bits per heavy atom. The fourth-order valence-electron chi connectivity index (χ4n) is 3.74. The summed E-state index contributed by atoms with van der Waals surface area (Å²) in [5, 5.41) is 4.85. The zero-order valence-corrected chi connectivity index (χ0v) is 18.0. The van der Waals surface area contributed by atoms with E-state index >= 15 is 0 Å². The number of anilines is 1. The second-order valence-electron chi connectivity index (χ2n) is 7.74. The summed E-state index contributed by atoms with van der Waals surface area (Å²) in [7, 11) is 0. The van der Waals surface area contributed by atoms with Crippen molar-refractivity contribution in [1.82, 2.24) is 14.9 Å².